The summed E-state index contributed by atoms with van der Waals surface area (Å²) in [4.78, 5) is 30.5. The van der Waals surface area contributed by atoms with E-state index in [9.17, 15) is 9.59 Å². The lowest BCUT2D eigenvalue weighted by Gasteiger charge is -2.07. The highest BCUT2D eigenvalue weighted by Gasteiger charge is 2.11. The van der Waals surface area contributed by atoms with Crippen LogP contribution >= 0.6 is 11.6 Å². The zero-order valence-corrected chi connectivity index (χ0v) is 11.9. The van der Waals surface area contributed by atoms with E-state index in [2.05, 4.69) is 15.3 Å². The number of carbonyl (C=O) groups is 1. The van der Waals surface area contributed by atoms with Crippen LogP contribution in [-0.4, -0.2) is 15.9 Å². The SMILES string of the molecule is Cc1nc(C)c(CC(=O)Nc2ccc(Cl)cc2)c(=O)[nH]1. The van der Waals surface area contributed by atoms with Crippen molar-refractivity contribution in [2.75, 3.05) is 5.32 Å². The number of H-pyrrole nitrogens is 1. The molecule has 0 saturated carbocycles. The summed E-state index contributed by atoms with van der Waals surface area (Å²) in [7, 11) is 0. The molecule has 104 valence electrons. The highest BCUT2D eigenvalue weighted by atomic mass is 35.5. The van der Waals surface area contributed by atoms with Gasteiger partial charge in [-0.1, -0.05) is 11.6 Å². The van der Waals surface area contributed by atoms with Crippen LogP contribution < -0.4 is 10.9 Å². The minimum atomic E-state index is -0.277. The van der Waals surface area contributed by atoms with Crippen molar-refractivity contribution >= 4 is 23.2 Å². The molecule has 0 spiro atoms. The lowest BCUT2D eigenvalue weighted by molar-refractivity contribution is -0.115. The number of benzene rings is 1. The van der Waals surface area contributed by atoms with Crippen LogP contribution in [0.1, 0.15) is 17.1 Å². The Kier molecular flexibility index (Phi) is 4.20. The molecule has 0 saturated heterocycles. The molecule has 0 radical (unpaired) electrons. The van der Waals surface area contributed by atoms with Gasteiger partial charge in [-0.15, -0.1) is 0 Å². The van der Waals surface area contributed by atoms with E-state index in [1.165, 1.54) is 0 Å². The van der Waals surface area contributed by atoms with Gasteiger partial charge < -0.3 is 10.3 Å². The van der Waals surface area contributed by atoms with Crippen molar-refractivity contribution in [2.24, 2.45) is 0 Å². The number of rotatable bonds is 3. The number of halogens is 1. The average Bonchev–Trinajstić information content (AvgIpc) is 2.36. The van der Waals surface area contributed by atoms with Crippen LogP contribution in [0.15, 0.2) is 29.1 Å². The van der Waals surface area contributed by atoms with Crippen molar-refractivity contribution in [1.82, 2.24) is 9.97 Å². The number of hydrogen-bond acceptors (Lipinski definition) is 3. The third-order valence-corrected chi connectivity index (χ3v) is 3.06. The highest BCUT2D eigenvalue weighted by molar-refractivity contribution is 6.30. The molecule has 1 aromatic heterocycles. The molecule has 0 fully saturated rings. The molecule has 2 aromatic rings. The van der Waals surface area contributed by atoms with E-state index in [4.69, 9.17) is 11.6 Å². The maximum atomic E-state index is 11.9. The molecule has 2 rings (SSSR count). The number of carbonyl (C=O) groups excluding carboxylic acids is 1. The van der Waals surface area contributed by atoms with Crippen molar-refractivity contribution in [2.45, 2.75) is 20.3 Å². The Morgan fingerprint density at radius 3 is 2.55 bits per heavy atom. The first-order valence-electron chi connectivity index (χ1n) is 6.07. The molecule has 0 atom stereocenters. The number of aromatic nitrogens is 2. The molecule has 0 aliphatic heterocycles. The molecule has 2 N–H and O–H groups in total. The van der Waals surface area contributed by atoms with Crippen molar-refractivity contribution in [3.8, 4) is 0 Å². The number of aromatic amines is 1. The van der Waals surface area contributed by atoms with Crippen LogP contribution in [0.2, 0.25) is 5.02 Å². The summed E-state index contributed by atoms with van der Waals surface area (Å²) in [6.45, 7) is 3.42. The molecule has 0 bridgehead atoms. The Morgan fingerprint density at radius 2 is 1.95 bits per heavy atom. The van der Waals surface area contributed by atoms with Gasteiger partial charge >= 0.3 is 0 Å². The minimum absolute atomic E-state index is 0.0168. The fourth-order valence-electron chi connectivity index (χ4n) is 1.86. The number of hydrogen-bond donors (Lipinski definition) is 2. The largest absolute Gasteiger partial charge is 0.326 e. The first-order valence-corrected chi connectivity index (χ1v) is 6.45. The number of anilines is 1. The third kappa shape index (κ3) is 3.45. The van der Waals surface area contributed by atoms with Crippen molar-refractivity contribution < 1.29 is 4.79 Å². The van der Waals surface area contributed by atoms with E-state index in [1.54, 1.807) is 38.1 Å². The summed E-state index contributed by atoms with van der Waals surface area (Å²) in [5.41, 5.74) is 1.30. The van der Waals surface area contributed by atoms with Gasteiger partial charge in [0.2, 0.25) is 5.91 Å². The van der Waals surface area contributed by atoms with Gasteiger partial charge in [0.1, 0.15) is 5.82 Å². The Labute approximate surface area is 121 Å². The monoisotopic (exact) mass is 291 g/mol. The van der Waals surface area contributed by atoms with Gasteiger partial charge in [-0.25, -0.2) is 4.98 Å². The molecular weight excluding hydrogens is 278 g/mol. The molecule has 0 aliphatic rings. The smallest absolute Gasteiger partial charge is 0.254 e. The normalized spacial score (nSPS) is 10.3. The van der Waals surface area contributed by atoms with Gasteiger partial charge in [-0.2, -0.15) is 0 Å². The fraction of sp³-hybridized carbons (Fsp3) is 0.214. The predicted molar refractivity (Wildman–Crippen MR) is 78.1 cm³/mol. The summed E-state index contributed by atoms with van der Waals surface area (Å²) >= 11 is 5.77. The quantitative estimate of drug-likeness (QED) is 0.910. The Morgan fingerprint density at radius 1 is 1.30 bits per heavy atom. The van der Waals surface area contributed by atoms with E-state index in [-0.39, 0.29) is 17.9 Å². The fourth-order valence-corrected chi connectivity index (χ4v) is 1.98. The number of nitrogens with one attached hydrogen (secondary N) is 2. The summed E-state index contributed by atoms with van der Waals surface area (Å²) in [5.74, 6) is 0.265. The highest BCUT2D eigenvalue weighted by Crippen LogP contribution is 2.13. The molecule has 6 heteroatoms. The number of aryl methyl sites for hydroxylation is 2. The Hall–Kier alpha value is -2.14. The van der Waals surface area contributed by atoms with Crippen molar-refractivity contribution in [1.29, 1.82) is 0 Å². The molecular formula is C14H14ClN3O2. The van der Waals surface area contributed by atoms with Crippen LogP contribution in [0, 0.1) is 13.8 Å². The number of amides is 1. The Balaban J connectivity index is 2.12. The topological polar surface area (TPSA) is 74.8 Å². The second-order valence-corrected chi connectivity index (χ2v) is 4.88. The van der Waals surface area contributed by atoms with Crippen molar-refractivity contribution in [3.05, 3.63) is 56.7 Å². The van der Waals surface area contributed by atoms with Gasteiger partial charge in [-0.3, -0.25) is 9.59 Å². The molecule has 0 aliphatic carbocycles. The molecule has 1 aromatic carbocycles. The average molecular weight is 292 g/mol. The van der Waals surface area contributed by atoms with Crippen molar-refractivity contribution in [3.63, 3.8) is 0 Å². The molecule has 1 heterocycles. The standard InChI is InChI=1S/C14H14ClN3O2/c1-8-12(14(20)17-9(2)16-8)7-13(19)18-11-5-3-10(15)4-6-11/h3-6H,7H2,1-2H3,(H,18,19)(H,16,17,20). The lowest BCUT2D eigenvalue weighted by Crippen LogP contribution is -2.24. The van der Waals surface area contributed by atoms with Crippen LogP contribution in [0.3, 0.4) is 0 Å². The first kappa shape index (κ1) is 14.3. The molecule has 0 unspecified atom stereocenters. The first-order chi connectivity index (χ1) is 9.45. The Bertz CT molecular complexity index is 693. The third-order valence-electron chi connectivity index (χ3n) is 2.81. The summed E-state index contributed by atoms with van der Waals surface area (Å²) < 4.78 is 0. The molecule has 5 nitrogen and oxygen atoms in total. The van der Waals surface area contributed by atoms with E-state index in [1.807, 2.05) is 0 Å². The lowest BCUT2D eigenvalue weighted by atomic mass is 10.1. The maximum absolute atomic E-state index is 11.9. The van der Waals surface area contributed by atoms with E-state index in [0.717, 1.165) is 0 Å². The van der Waals surface area contributed by atoms with Gasteiger partial charge in [0.15, 0.2) is 0 Å². The number of nitrogens with zero attached hydrogens (tertiary/aromatic N) is 1. The van der Waals surface area contributed by atoms with E-state index >= 15 is 0 Å². The van der Waals surface area contributed by atoms with Crippen LogP contribution in [-0.2, 0) is 11.2 Å². The van der Waals surface area contributed by atoms with Crippen LogP contribution in [0.4, 0.5) is 5.69 Å². The zero-order chi connectivity index (χ0) is 14.7. The van der Waals surface area contributed by atoms with Gasteiger partial charge in [0.05, 0.1) is 6.42 Å². The second-order valence-electron chi connectivity index (χ2n) is 4.45. The van der Waals surface area contributed by atoms with Gasteiger partial charge in [0.25, 0.3) is 5.56 Å². The van der Waals surface area contributed by atoms with E-state index in [0.29, 0.717) is 27.8 Å². The molecule has 1 amide bonds. The van der Waals surface area contributed by atoms with Crippen LogP contribution in [0.5, 0.6) is 0 Å². The second kappa shape index (κ2) is 5.88. The minimum Gasteiger partial charge on any atom is -0.326 e. The van der Waals surface area contributed by atoms with E-state index < -0.39 is 0 Å². The predicted octanol–water partition coefficient (Wildman–Crippen LogP) is 2.22. The summed E-state index contributed by atoms with van der Waals surface area (Å²) in [5, 5.41) is 3.30. The van der Waals surface area contributed by atoms with Gasteiger partial charge in [-0.05, 0) is 38.1 Å². The zero-order valence-electron chi connectivity index (χ0n) is 11.2. The summed E-state index contributed by atoms with van der Waals surface area (Å²) in [6.07, 6.45) is -0.0168. The van der Waals surface area contributed by atoms with Gasteiger partial charge in [0, 0.05) is 22.0 Å². The summed E-state index contributed by atoms with van der Waals surface area (Å²) in [6, 6.07) is 6.76. The maximum Gasteiger partial charge on any atom is 0.254 e. The van der Waals surface area contributed by atoms with Crippen LogP contribution in [0.25, 0.3) is 0 Å². The molecule has 20 heavy (non-hydrogen) atoms.